The van der Waals surface area contributed by atoms with Crippen LogP contribution in [-0.4, -0.2) is 23.0 Å². The van der Waals surface area contributed by atoms with Crippen molar-refractivity contribution < 1.29 is 14.3 Å². The largest absolute Gasteiger partial charge is 0.462 e. The lowest BCUT2D eigenvalue weighted by Gasteiger charge is -2.58. The Bertz CT molecular complexity index is 1120. The molecular formula is C37H56N2O3. The molecule has 42 heavy (non-hydrogen) atoms. The molecule has 4 aliphatic carbocycles. The zero-order valence-electron chi connectivity index (χ0n) is 27.0. The molecule has 4 aliphatic rings. The third kappa shape index (κ3) is 6.65. The first-order valence-electron chi connectivity index (χ1n) is 17.1. The predicted molar refractivity (Wildman–Crippen MR) is 168 cm³/mol. The van der Waals surface area contributed by atoms with E-state index in [9.17, 15) is 9.59 Å². The number of aromatic nitrogens is 1. The van der Waals surface area contributed by atoms with Crippen LogP contribution in [0.5, 0.6) is 0 Å². The van der Waals surface area contributed by atoms with Gasteiger partial charge < -0.3 is 10.1 Å². The molecule has 0 radical (unpaired) electrons. The first kappa shape index (κ1) is 31.3. The van der Waals surface area contributed by atoms with E-state index in [1.54, 1.807) is 18.0 Å². The minimum absolute atomic E-state index is 0.0512. The first-order valence-corrected chi connectivity index (χ1v) is 17.1. The molecule has 0 unspecified atom stereocenters. The molecule has 0 aliphatic heterocycles. The highest BCUT2D eigenvalue weighted by Crippen LogP contribution is 2.67. The van der Waals surface area contributed by atoms with E-state index in [1.807, 2.05) is 12.1 Å². The van der Waals surface area contributed by atoms with E-state index in [2.05, 4.69) is 51.0 Å². The summed E-state index contributed by atoms with van der Waals surface area (Å²) in [5.74, 6) is 4.64. The van der Waals surface area contributed by atoms with Crippen LogP contribution < -0.4 is 5.32 Å². The summed E-state index contributed by atoms with van der Waals surface area (Å²) < 4.78 is 5.94. The lowest BCUT2D eigenvalue weighted by molar-refractivity contribution is -0.152. The van der Waals surface area contributed by atoms with E-state index in [-0.39, 0.29) is 36.2 Å². The van der Waals surface area contributed by atoms with Crippen molar-refractivity contribution in [3.63, 3.8) is 0 Å². The molecule has 232 valence electrons. The second-order valence-electron chi connectivity index (χ2n) is 15.3. The summed E-state index contributed by atoms with van der Waals surface area (Å²) in [6, 6.07) is 3.75. The molecule has 1 N–H and O–H groups in total. The predicted octanol–water partition coefficient (Wildman–Crippen LogP) is 8.43. The highest BCUT2D eigenvalue weighted by molar-refractivity contribution is 5.81. The van der Waals surface area contributed by atoms with Gasteiger partial charge >= 0.3 is 5.97 Å². The quantitative estimate of drug-likeness (QED) is 0.212. The zero-order chi connectivity index (χ0) is 29.9. The van der Waals surface area contributed by atoms with Crippen molar-refractivity contribution in [1.29, 1.82) is 0 Å². The number of nitrogens with zero attached hydrogens (tertiary/aromatic N) is 1. The summed E-state index contributed by atoms with van der Waals surface area (Å²) in [5, 5.41) is 2.88. The minimum Gasteiger partial charge on any atom is -0.462 e. The molecule has 1 heterocycles. The molecule has 1 aromatic rings. The van der Waals surface area contributed by atoms with Gasteiger partial charge in [-0.15, -0.1) is 0 Å². The molecular weight excluding hydrogens is 520 g/mol. The molecule has 1 amide bonds. The molecule has 0 bridgehead atoms. The van der Waals surface area contributed by atoms with E-state index in [4.69, 9.17) is 4.74 Å². The molecule has 0 saturated heterocycles. The molecule has 5 heteroatoms. The number of carbonyl (C=O) groups excluding carboxylic acids is 2. The smallest absolute Gasteiger partial charge is 0.306 e. The second kappa shape index (κ2) is 13.2. The Labute approximate surface area is 255 Å². The molecule has 3 saturated carbocycles. The van der Waals surface area contributed by atoms with Gasteiger partial charge in [0.15, 0.2) is 0 Å². The molecule has 3 fully saturated rings. The van der Waals surface area contributed by atoms with Crippen molar-refractivity contribution in [2.75, 3.05) is 0 Å². The van der Waals surface area contributed by atoms with Gasteiger partial charge in [-0.05, 0) is 109 Å². The maximum absolute atomic E-state index is 12.7. The maximum Gasteiger partial charge on any atom is 0.306 e. The topological polar surface area (TPSA) is 68.3 Å². The Morgan fingerprint density at radius 2 is 1.79 bits per heavy atom. The van der Waals surface area contributed by atoms with Crippen molar-refractivity contribution in [2.45, 2.75) is 131 Å². The Kier molecular flexibility index (Phi) is 9.84. The van der Waals surface area contributed by atoms with Crippen LogP contribution in [-0.2, 0) is 20.9 Å². The fourth-order valence-electron chi connectivity index (χ4n) is 10.0. The van der Waals surface area contributed by atoms with Gasteiger partial charge in [-0.25, -0.2) is 0 Å². The number of rotatable bonds is 11. The molecule has 5 rings (SSSR count). The fourth-order valence-corrected chi connectivity index (χ4v) is 10.0. The summed E-state index contributed by atoms with van der Waals surface area (Å²) in [5.41, 5.74) is 3.30. The lowest BCUT2D eigenvalue weighted by atomic mass is 9.47. The molecule has 1 aromatic heterocycles. The van der Waals surface area contributed by atoms with Gasteiger partial charge in [0.1, 0.15) is 6.10 Å². The van der Waals surface area contributed by atoms with Crippen LogP contribution in [0.4, 0.5) is 0 Å². The number of carbonyl (C=O) groups is 2. The third-order valence-corrected chi connectivity index (χ3v) is 12.4. The van der Waals surface area contributed by atoms with E-state index in [0.717, 1.165) is 60.3 Å². The number of pyridine rings is 1. The van der Waals surface area contributed by atoms with Crippen LogP contribution in [0.1, 0.15) is 124 Å². The molecule has 0 spiro atoms. The normalized spacial score (nSPS) is 34.5. The number of esters is 1. The molecule has 5 nitrogen and oxygen atoms in total. The van der Waals surface area contributed by atoms with Crippen LogP contribution in [0.15, 0.2) is 36.2 Å². The average Bonchev–Trinajstić information content (AvgIpc) is 3.33. The van der Waals surface area contributed by atoms with Crippen molar-refractivity contribution in [3.8, 4) is 0 Å². The fraction of sp³-hybridized carbons (Fsp3) is 0.757. The highest BCUT2D eigenvalue weighted by Gasteiger charge is 2.59. The highest BCUT2D eigenvalue weighted by atomic mass is 16.5. The van der Waals surface area contributed by atoms with E-state index in [1.165, 1.54) is 51.4 Å². The standard InChI is InChI=1S/C37H56N2O3/c1-25(2)7-6-8-26(3)31-11-12-32-30-10-9-28-23-29(15-19-36(28,4)33(30)16-20-37(31,32)5)42-35(41)14-13-34(40)39-24-27-17-21-38-22-18-27/h9,17-18,21-22,25-26,29-33H,6-8,10-16,19-20,23-24H2,1-5H3,(H,39,40)/t26-,29+,30+,31-,32+,33+,36+,37-/m1/s1. The van der Waals surface area contributed by atoms with Crippen LogP contribution in [0.3, 0.4) is 0 Å². The van der Waals surface area contributed by atoms with Crippen LogP contribution in [0.25, 0.3) is 0 Å². The summed E-state index contributed by atoms with van der Waals surface area (Å²) in [4.78, 5) is 28.9. The Hall–Kier alpha value is -2.17. The molecule has 8 atom stereocenters. The van der Waals surface area contributed by atoms with Gasteiger partial charge in [0.2, 0.25) is 5.91 Å². The van der Waals surface area contributed by atoms with Crippen LogP contribution in [0, 0.1) is 46.3 Å². The van der Waals surface area contributed by atoms with Gasteiger partial charge in [-0.3, -0.25) is 14.6 Å². The van der Waals surface area contributed by atoms with Gasteiger partial charge in [-0.2, -0.15) is 0 Å². The number of allylic oxidation sites excluding steroid dienone is 1. The van der Waals surface area contributed by atoms with E-state index >= 15 is 0 Å². The number of hydrogen-bond acceptors (Lipinski definition) is 4. The summed E-state index contributed by atoms with van der Waals surface area (Å²) in [7, 11) is 0. The van der Waals surface area contributed by atoms with Crippen molar-refractivity contribution in [3.05, 3.63) is 41.7 Å². The number of hydrogen-bond donors (Lipinski definition) is 1. The number of amides is 1. The maximum atomic E-state index is 12.7. The summed E-state index contributed by atoms with van der Waals surface area (Å²) in [6.07, 6.45) is 20.1. The molecule has 0 aromatic carbocycles. The summed E-state index contributed by atoms with van der Waals surface area (Å²) >= 11 is 0. The Morgan fingerprint density at radius 3 is 2.55 bits per heavy atom. The third-order valence-electron chi connectivity index (χ3n) is 12.4. The van der Waals surface area contributed by atoms with Crippen molar-refractivity contribution >= 4 is 11.9 Å². The Balaban J connectivity index is 1.12. The van der Waals surface area contributed by atoms with Gasteiger partial charge in [-0.1, -0.05) is 65.5 Å². The Morgan fingerprint density at radius 1 is 1.00 bits per heavy atom. The number of ether oxygens (including phenoxy) is 1. The van der Waals surface area contributed by atoms with Crippen LogP contribution in [0.2, 0.25) is 0 Å². The van der Waals surface area contributed by atoms with Gasteiger partial charge in [0, 0.05) is 31.8 Å². The minimum atomic E-state index is -0.245. The van der Waals surface area contributed by atoms with E-state index < -0.39 is 0 Å². The van der Waals surface area contributed by atoms with Crippen LogP contribution >= 0.6 is 0 Å². The lowest BCUT2D eigenvalue weighted by Crippen LogP contribution is -2.51. The monoisotopic (exact) mass is 576 g/mol. The zero-order valence-corrected chi connectivity index (χ0v) is 27.0. The van der Waals surface area contributed by atoms with Crippen molar-refractivity contribution in [1.82, 2.24) is 10.3 Å². The first-order chi connectivity index (χ1) is 20.1. The van der Waals surface area contributed by atoms with Crippen molar-refractivity contribution in [2.24, 2.45) is 46.3 Å². The summed E-state index contributed by atoms with van der Waals surface area (Å²) in [6.45, 7) is 12.9. The van der Waals surface area contributed by atoms with Gasteiger partial charge in [0.25, 0.3) is 0 Å². The second-order valence-corrected chi connectivity index (χ2v) is 15.3. The number of fused-ring (bicyclic) bond motifs is 5. The van der Waals surface area contributed by atoms with E-state index in [0.29, 0.717) is 12.0 Å². The number of nitrogens with one attached hydrogen (secondary N) is 1. The average molecular weight is 577 g/mol. The SMILES string of the molecule is CC(C)CCC[C@@H](C)[C@H]1CC[C@H]2[C@@H]3CC=C4C[C@@H](OC(=O)CCC(=O)NCc5ccncc5)CC[C@]4(C)[C@H]3CC[C@]12C. The van der Waals surface area contributed by atoms with Gasteiger partial charge in [0.05, 0.1) is 6.42 Å².